The number of hydrogen-bond acceptors (Lipinski definition) is 5. The first-order valence-corrected chi connectivity index (χ1v) is 7.32. The van der Waals surface area contributed by atoms with Gasteiger partial charge in [-0.25, -0.2) is 13.2 Å². The second kappa shape index (κ2) is 4.91. The van der Waals surface area contributed by atoms with Crippen molar-refractivity contribution in [2.75, 3.05) is 13.1 Å². The molecule has 0 saturated carbocycles. The number of H-pyrrole nitrogens is 1. The largest absolute Gasteiger partial charge is 0.476 e. The average Bonchev–Trinajstić information content (AvgIpc) is 2.72. The molecule has 8 nitrogen and oxygen atoms in total. The van der Waals surface area contributed by atoms with Crippen LogP contribution < -0.4 is 5.73 Å². The van der Waals surface area contributed by atoms with E-state index in [1.165, 1.54) is 11.2 Å². The number of piperidine rings is 1. The Hall–Kier alpha value is -1.45. The highest BCUT2D eigenvalue weighted by Gasteiger charge is 2.34. The minimum absolute atomic E-state index is 0.00385. The highest BCUT2D eigenvalue weighted by Crippen LogP contribution is 2.24. The van der Waals surface area contributed by atoms with Crippen molar-refractivity contribution in [1.29, 1.82) is 0 Å². The Morgan fingerprint density at radius 1 is 1.47 bits per heavy atom. The lowest BCUT2D eigenvalue weighted by molar-refractivity contribution is 0.0686. The van der Waals surface area contributed by atoms with Gasteiger partial charge in [-0.15, -0.1) is 0 Å². The van der Waals surface area contributed by atoms with Gasteiger partial charge in [-0.2, -0.15) is 9.40 Å². The highest BCUT2D eigenvalue weighted by molar-refractivity contribution is 7.89. The fraction of sp³-hybridized carbons (Fsp3) is 0.600. The average molecular weight is 288 g/mol. The van der Waals surface area contributed by atoms with Crippen molar-refractivity contribution in [1.82, 2.24) is 14.5 Å². The predicted octanol–water partition coefficient (Wildman–Crippen LogP) is -0.472. The Kier molecular flexibility index (Phi) is 3.61. The summed E-state index contributed by atoms with van der Waals surface area (Å²) in [7, 11) is -3.85. The van der Waals surface area contributed by atoms with E-state index in [1.54, 1.807) is 0 Å². The van der Waals surface area contributed by atoms with Gasteiger partial charge in [0.15, 0.2) is 5.69 Å². The molecule has 0 spiro atoms. The summed E-state index contributed by atoms with van der Waals surface area (Å²) in [5.74, 6) is -1.36. The van der Waals surface area contributed by atoms with Crippen LogP contribution in [-0.2, 0) is 10.0 Å². The molecule has 0 aliphatic carbocycles. The van der Waals surface area contributed by atoms with Crippen LogP contribution in [0.15, 0.2) is 4.90 Å². The second-order valence-electron chi connectivity index (χ2n) is 4.57. The van der Waals surface area contributed by atoms with Crippen LogP contribution in [-0.4, -0.2) is 53.1 Å². The SMILES string of the molecule is Cc1[nH]nc(C(=O)O)c1S(=O)(=O)N1CCC(N)CC1. The smallest absolute Gasteiger partial charge is 0.357 e. The first-order chi connectivity index (χ1) is 8.84. The number of sulfonamides is 1. The monoisotopic (exact) mass is 288 g/mol. The molecule has 19 heavy (non-hydrogen) atoms. The number of hydrogen-bond donors (Lipinski definition) is 3. The van der Waals surface area contributed by atoms with Gasteiger partial charge in [0.2, 0.25) is 10.0 Å². The number of nitrogens with zero attached hydrogens (tertiary/aromatic N) is 2. The zero-order chi connectivity index (χ0) is 14.2. The van der Waals surface area contributed by atoms with Crippen molar-refractivity contribution in [3.05, 3.63) is 11.4 Å². The van der Waals surface area contributed by atoms with Crippen molar-refractivity contribution < 1.29 is 18.3 Å². The zero-order valence-corrected chi connectivity index (χ0v) is 11.3. The zero-order valence-electron chi connectivity index (χ0n) is 10.5. The third-order valence-electron chi connectivity index (χ3n) is 3.19. The summed E-state index contributed by atoms with van der Waals surface area (Å²) < 4.78 is 26.2. The van der Waals surface area contributed by atoms with Gasteiger partial charge in [-0.05, 0) is 19.8 Å². The summed E-state index contributed by atoms with van der Waals surface area (Å²) in [6.45, 7) is 2.09. The molecule has 4 N–H and O–H groups in total. The molecule has 0 aromatic carbocycles. The highest BCUT2D eigenvalue weighted by atomic mass is 32.2. The van der Waals surface area contributed by atoms with Gasteiger partial charge in [0.25, 0.3) is 0 Å². The van der Waals surface area contributed by atoms with Crippen molar-refractivity contribution in [2.45, 2.75) is 30.7 Å². The van der Waals surface area contributed by atoms with Gasteiger partial charge in [0.05, 0.1) is 5.69 Å². The van der Waals surface area contributed by atoms with Crippen LogP contribution >= 0.6 is 0 Å². The van der Waals surface area contributed by atoms with E-state index in [2.05, 4.69) is 10.2 Å². The van der Waals surface area contributed by atoms with E-state index in [1.807, 2.05) is 0 Å². The summed E-state index contributed by atoms with van der Waals surface area (Å²) in [6.07, 6.45) is 1.14. The van der Waals surface area contributed by atoms with Crippen molar-refractivity contribution >= 4 is 16.0 Å². The lowest BCUT2D eigenvalue weighted by Gasteiger charge is -2.29. The first kappa shape index (κ1) is 14.0. The predicted molar refractivity (Wildman–Crippen MR) is 66.3 cm³/mol. The van der Waals surface area contributed by atoms with Crippen LogP contribution in [0, 0.1) is 6.92 Å². The van der Waals surface area contributed by atoms with Gasteiger partial charge in [0.1, 0.15) is 4.90 Å². The van der Waals surface area contributed by atoms with E-state index >= 15 is 0 Å². The van der Waals surface area contributed by atoms with Crippen LogP contribution in [0.4, 0.5) is 0 Å². The molecule has 1 aromatic heterocycles. The third-order valence-corrected chi connectivity index (χ3v) is 5.25. The van der Waals surface area contributed by atoms with Gasteiger partial charge in [-0.3, -0.25) is 5.10 Å². The number of carboxylic acids is 1. The van der Waals surface area contributed by atoms with E-state index in [9.17, 15) is 13.2 Å². The molecule has 0 atom stereocenters. The van der Waals surface area contributed by atoms with Gasteiger partial charge in [0, 0.05) is 19.1 Å². The topological polar surface area (TPSA) is 129 Å². The number of rotatable bonds is 3. The van der Waals surface area contributed by atoms with Gasteiger partial charge < -0.3 is 10.8 Å². The lowest BCUT2D eigenvalue weighted by Crippen LogP contribution is -2.43. The molecule has 1 aromatic rings. The molecule has 1 aliphatic heterocycles. The Morgan fingerprint density at radius 2 is 2.05 bits per heavy atom. The number of carboxylic acid groups (broad SMARTS) is 1. The van der Waals surface area contributed by atoms with Gasteiger partial charge in [-0.1, -0.05) is 0 Å². The van der Waals surface area contributed by atoms with Crippen LogP contribution in [0.5, 0.6) is 0 Å². The van der Waals surface area contributed by atoms with Gasteiger partial charge >= 0.3 is 5.97 Å². The Bertz CT molecular complexity index is 587. The molecule has 0 radical (unpaired) electrons. The number of nitrogens with one attached hydrogen (secondary N) is 1. The molecule has 1 saturated heterocycles. The first-order valence-electron chi connectivity index (χ1n) is 5.88. The molecule has 2 rings (SSSR count). The maximum absolute atomic E-state index is 12.5. The number of aryl methyl sites for hydroxylation is 1. The Labute approximate surface area is 110 Å². The molecule has 1 fully saturated rings. The van der Waals surface area contributed by atoms with Crippen LogP contribution in [0.3, 0.4) is 0 Å². The molecular weight excluding hydrogens is 272 g/mol. The summed E-state index contributed by atoms with van der Waals surface area (Å²) in [4.78, 5) is 10.8. The van der Waals surface area contributed by atoms with E-state index in [-0.39, 0.29) is 16.6 Å². The summed E-state index contributed by atoms with van der Waals surface area (Å²) in [5, 5.41) is 14.9. The molecule has 106 valence electrons. The molecule has 2 heterocycles. The summed E-state index contributed by atoms with van der Waals surface area (Å²) in [6, 6.07) is -0.00385. The molecule has 0 unspecified atom stereocenters. The molecule has 0 bridgehead atoms. The fourth-order valence-electron chi connectivity index (χ4n) is 2.12. The quantitative estimate of drug-likeness (QED) is 0.689. The Balaban J connectivity index is 2.40. The Morgan fingerprint density at radius 3 is 2.58 bits per heavy atom. The number of aromatic amines is 1. The summed E-state index contributed by atoms with van der Waals surface area (Å²) >= 11 is 0. The van der Waals surface area contributed by atoms with Crippen molar-refractivity contribution in [3.8, 4) is 0 Å². The maximum atomic E-state index is 12.5. The fourth-order valence-corrected chi connectivity index (χ4v) is 3.88. The minimum Gasteiger partial charge on any atom is -0.476 e. The van der Waals surface area contributed by atoms with Crippen LogP contribution in [0.2, 0.25) is 0 Å². The van der Waals surface area contributed by atoms with Crippen molar-refractivity contribution in [3.63, 3.8) is 0 Å². The molecule has 0 amide bonds. The molecular formula is C10H16N4O4S. The van der Waals surface area contributed by atoms with Crippen LogP contribution in [0.25, 0.3) is 0 Å². The summed E-state index contributed by atoms with van der Waals surface area (Å²) in [5.41, 5.74) is 5.50. The van der Waals surface area contributed by atoms with E-state index in [0.29, 0.717) is 25.9 Å². The van der Waals surface area contributed by atoms with Crippen molar-refractivity contribution in [2.24, 2.45) is 5.73 Å². The normalized spacial score (nSPS) is 18.6. The minimum atomic E-state index is -3.85. The third kappa shape index (κ3) is 2.48. The van der Waals surface area contributed by atoms with E-state index in [4.69, 9.17) is 10.8 Å². The number of aromatic nitrogens is 2. The number of aromatic carboxylic acids is 1. The maximum Gasteiger partial charge on any atom is 0.357 e. The standard InChI is InChI=1S/C10H16N4O4S/c1-6-9(8(10(15)16)13-12-6)19(17,18)14-4-2-7(11)3-5-14/h7H,2-5,11H2,1H3,(H,12,13)(H,15,16). The number of nitrogens with two attached hydrogens (primary N) is 1. The number of carbonyl (C=O) groups is 1. The van der Waals surface area contributed by atoms with Crippen LogP contribution in [0.1, 0.15) is 29.0 Å². The molecule has 1 aliphatic rings. The van der Waals surface area contributed by atoms with E-state index in [0.717, 1.165) is 0 Å². The second-order valence-corrected chi connectivity index (χ2v) is 6.45. The van der Waals surface area contributed by atoms with E-state index < -0.39 is 21.7 Å². The molecule has 9 heteroatoms. The lowest BCUT2D eigenvalue weighted by atomic mass is 10.1.